The Morgan fingerprint density at radius 2 is 2.03 bits per heavy atom. The number of likely N-dealkylation sites (tertiary alicyclic amines) is 1. The molecule has 2 aromatic heterocycles. The minimum absolute atomic E-state index is 0.0292. The SMILES string of the molecule is O=C(Cc1ccc(Nc2nc(-c3c(F)cccc3Cl)nc3c[nH]c(O)c23)cc1)N1CCC(O)C1. The number of aromatic amines is 1. The van der Waals surface area contributed by atoms with Gasteiger partial charge < -0.3 is 25.4 Å². The highest BCUT2D eigenvalue weighted by molar-refractivity contribution is 6.33. The normalized spacial score (nSPS) is 15.7. The van der Waals surface area contributed by atoms with Crippen LogP contribution >= 0.6 is 11.6 Å². The molecule has 0 spiro atoms. The lowest BCUT2D eigenvalue weighted by atomic mass is 10.1. The molecule has 8 nitrogen and oxygen atoms in total. The van der Waals surface area contributed by atoms with Crippen molar-refractivity contribution in [1.29, 1.82) is 0 Å². The summed E-state index contributed by atoms with van der Waals surface area (Å²) in [5.74, 6) is -0.366. The molecule has 1 unspecified atom stereocenters. The Morgan fingerprint density at radius 1 is 1.24 bits per heavy atom. The van der Waals surface area contributed by atoms with E-state index in [1.807, 2.05) is 12.1 Å². The van der Waals surface area contributed by atoms with Crippen LogP contribution in [0.5, 0.6) is 5.88 Å². The number of carbonyl (C=O) groups is 1. The number of H-pyrrole nitrogens is 1. The number of aliphatic hydroxyl groups excluding tert-OH is 1. The fraction of sp³-hybridized carbons (Fsp3) is 0.208. The van der Waals surface area contributed by atoms with E-state index in [1.165, 1.54) is 18.3 Å². The third kappa shape index (κ3) is 4.27. The van der Waals surface area contributed by atoms with Gasteiger partial charge in [0.2, 0.25) is 11.8 Å². The Bertz CT molecular complexity index is 1360. The van der Waals surface area contributed by atoms with E-state index in [1.54, 1.807) is 23.1 Å². The van der Waals surface area contributed by atoms with Gasteiger partial charge in [-0.1, -0.05) is 29.8 Å². The van der Waals surface area contributed by atoms with E-state index in [9.17, 15) is 19.4 Å². The summed E-state index contributed by atoms with van der Waals surface area (Å²) in [5, 5.41) is 23.6. The summed E-state index contributed by atoms with van der Waals surface area (Å²) >= 11 is 6.20. The molecule has 174 valence electrons. The predicted molar refractivity (Wildman–Crippen MR) is 127 cm³/mol. The van der Waals surface area contributed by atoms with Gasteiger partial charge >= 0.3 is 0 Å². The third-order valence-corrected chi connectivity index (χ3v) is 6.11. The number of β-amino-alcohol motifs (C(OH)–C–C–N with tert-alkyl or cyclic N) is 1. The topological polar surface area (TPSA) is 114 Å². The Hall–Kier alpha value is -3.69. The molecule has 1 saturated heterocycles. The van der Waals surface area contributed by atoms with Gasteiger partial charge in [0.05, 0.1) is 28.6 Å². The van der Waals surface area contributed by atoms with E-state index >= 15 is 0 Å². The van der Waals surface area contributed by atoms with Crippen LogP contribution in [0.3, 0.4) is 0 Å². The number of carbonyl (C=O) groups excluding carboxylic acids is 1. The lowest BCUT2D eigenvalue weighted by Gasteiger charge is -2.15. The van der Waals surface area contributed by atoms with E-state index < -0.39 is 11.9 Å². The zero-order valence-corrected chi connectivity index (χ0v) is 18.7. The number of aliphatic hydroxyl groups is 1. The van der Waals surface area contributed by atoms with Crippen molar-refractivity contribution in [2.75, 3.05) is 18.4 Å². The van der Waals surface area contributed by atoms with Gasteiger partial charge in [-0.05, 0) is 36.2 Å². The van der Waals surface area contributed by atoms with Crippen LogP contribution in [0.25, 0.3) is 22.3 Å². The number of amides is 1. The molecule has 1 aliphatic heterocycles. The molecule has 3 heterocycles. The van der Waals surface area contributed by atoms with Crippen LogP contribution in [0.1, 0.15) is 12.0 Å². The van der Waals surface area contributed by atoms with Gasteiger partial charge in [0.25, 0.3) is 0 Å². The molecule has 4 N–H and O–H groups in total. The van der Waals surface area contributed by atoms with Gasteiger partial charge in [0, 0.05) is 25.0 Å². The Morgan fingerprint density at radius 3 is 2.74 bits per heavy atom. The van der Waals surface area contributed by atoms with Crippen molar-refractivity contribution in [3.63, 3.8) is 0 Å². The number of nitrogens with one attached hydrogen (secondary N) is 2. The Balaban J connectivity index is 1.42. The zero-order chi connectivity index (χ0) is 23.8. The molecular formula is C24H21ClFN5O3. The predicted octanol–water partition coefficient (Wildman–Crippen LogP) is 4.00. The fourth-order valence-electron chi connectivity index (χ4n) is 4.04. The maximum Gasteiger partial charge on any atom is 0.227 e. The van der Waals surface area contributed by atoms with Crippen molar-refractivity contribution in [3.8, 4) is 17.3 Å². The van der Waals surface area contributed by atoms with E-state index in [-0.39, 0.29) is 40.4 Å². The molecule has 34 heavy (non-hydrogen) atoms. The first-order valence-corrected chi connectivity index (χ1v) is 11.1. The lowest BCUT2D eigenvalue weighted by Crippen LogP contribution is -2.30. The number of rotatable bonds is 5. The minimum Gasteiger partial charge on any atom is -0.494 e. The number of nitrogens with zero attached hydrogens (tertiary/aromatic N) is 3. The molecule has 1 atom stereocenters. The number of halogens is 2. The zero-order valence-electron chi connectivity index (χ0n) is 17.9. The molecule has 0 bridgehead atoms. The first-order valence-electron chi connectivity index (χ1n) is 10.7. The molecule has 4 aromatic rings. The number of hydrogen-bond acceptors (Lipinski definition) is 6. The summed E-state index contributed by atoms with van der Waals surface area (Å²) in [5.41, 5.74) is 1.93. The lowest BCUT2D eigenvalue weighted by molar-refractivity contribution is -0.129. The van der Waals surface area contributed by atoms with Crippen LogP contribution in [0, 0.1) is 5.82 Å². The maximum absolute atomic E-state index is 14.5. The van der Waals surface area contributed by atoms with Crippen LogP contribution in [0.2, 0.25) is 5.02 Å². The first-order chi connectivity index (χ1) is 16.4. The fourth-order valence-corrected chi connectivity index (χ4v) is 4.28. The number of benzene rings is 2. The molecule has 5 rings (SSSR count). The van der Waals surface area contributed by atoms with Crippen molar-refractivity contribution in [1.82, 2.24) is 19.9 Å². The van der Waals surface area contributed by atoms with E-state index in [4.69, 9.17) is 11.6 Å². The number of aromatic hydroxyl groups is 1. The summed E-state index contributed by atoms with van der Waals surface area (Å²) in [4.78, 5) is 25.6. The Labute approximate surface area is 199 Å². The summed E-state index contributed by atoms with van der Waals surface area (Å²) < 4.78 is 14.5. The summed E-state index contributed by atoms with van der Waals surface area (Å²) in [6.45, 7) is 0.939. The molecular weight excluding hydrogens is 461 g/mol. The summed E-state index contributed by atoms with van der Waals surface area (Å²) in [7, 11) is 0. The molecule has 1 aliphatic rings. The molecule has 0 radical (unpaired) electrons. The second-order valence-corrected chi connectivity index (χ2v) is 8.58. The highest BCUT2D eigenvalue weighted by atomic mass is 35.5. The van der Waals surface area contributed by atoms with Crippen molar-refractivity contribution < 1.29 is 19.4 Å². The van der Waals surface area contributed by atoms with Gasteiger partial charge in [-0.25, -0.2) is 14.4 Å². The van der Waals surface area contributed by atoms with E-state index in [2.05, 4.69) is 20.3 Å². The molecule has 1 fully saturated rings. The summed E-state index contributed by atoms with van der Waals surface area (Å²) in [6, 6.07) is 11.5. The molecule has 0 saturated carbocycles. The van der Waals surface area contributed by atoms with Crippen molar-refractivity contribution >= 4 is 39.9 Å². The number of aromatic nitrogens is 3. The average molecular weight is 482 g/mol. The van der Waals surface area contributed by atoms with Crippen LogP contribution in [-0.4, -0.2) is 55.2 Å². The number of hydrogen-bond donors (Lipinski definition) is 4. The van der Waals surface area contributed by atoms with Gasteiger partial charge in [-0.2, -0.15) is 0 Å². The quantitative estimate of drug-likeness (QED) is 0.342. The standard InChI is InChI=1S/C24H21ClFN5O3/c25-16-2-1-3-17(26)20(16)22-29-18-11-27-24(34)21(18)23(30-22)28-14-6-4-13(5-7-14)10-19(33)31-9-8-15(32)12-31/h1-7,11,15,27,32,34H,8-10,12H2,(H,28,29,30). The summed E-state index contributed by atoms with van der Waals surface area (Å²) in [6.07, 6.45) is 1.89. The second kappa shape index (κ2) is 8.92. The third-order valence-electron chi connectivity index (χ3n) is 5.79. The van der Waals surface area contributed by atoms with Crippen LogP contribution in [0.15, 0.2) is 48.7 Å². The van der Waals surface area contributed by atoms with E-state index in [0.717, 1.165) is 5.56 Å². The molecule has 10 heteroatoms. The first kappa shape index (κ1) is 22.1. The van der Waals surface area contributed by atoms with Crippen LogP contribution in [0.4, 0.5) is 15.9 Å². The number of fused-ring (bicyclic) bond motifs is 1. The van der Waals surface area contributed by atoms with Gasteiger partial charge in [-0.3, -0.25) is 4.79 Å². The van der Waals surface area contributed by atoms with Crippen molar-refractivity contribution in [3.05, 3.63) is 65.1 Å². The average Bonchev–Trinajstić information content (AvgIpc) is 3.41. The van der Waals surface area contributed by atoms with Crippen molar-refractivity contribution in [2.24, 2.45) is 0 Å². The Kier molecular flexibility index (Phi) is 5.80. The highest BCUT2D eigenvalue weighted by Gasteiger charge is 2.24. The molecule has 2 aromatic carbocycles. The van der Waals surface area contributed by atoms with Crippen LogP contribution in [-0.2, 0) is 11.2 Å². The second-order valence-electron chi connectivity index (χ2n) is 8.17. The van der Waals surface area contributed by atoms with Gasteiger partial charge in [0.15, 0.2) is 5.82 Å². The van der Waals surface area contributed by atoms with E-state index in [0.29, 0.717) is 36.1 Å². The largest absolute Gasteiger partial charge is 0.494 e. The van der Waals surface area contributed by atoms with Gasteiger partial charge in [0.1, 0.15) is 17.0 Å². The minimum atomic E-state index is -0.558. The molecule has 1 amide bonds. The molecule has 0 aliphatic carbocycles. The highest BCUT2D eigenvalue weighted by Crippen LogP contribution is 2.35. The smallest absolute Gasteiger partial charge is 0.227 e. The number of anilines is 2. The van der Waals surface area contributed by atoms with Crippen LogP contribution < -0.4 is 5.32 Å². The van der Waals surface area contributed by atoms with Crippen molar-refractivity contribution in [2.45, 2.75) is 18.9 Å². The van der Waals surface area contributed by atoms with Gasteiger partial charge in [-0.15, -0.1) is 0 Å². The monoisotopic (exact) mass is 481 g/mol. The maximum atomic E-state index is 14.5.